The fourth-order valence-corrected chi connectivity index (χ4v) is 2.65. The van der Waals surface area contributed by atoms with Crippen molar-refractivity contribution in [3.8, 4) is 0 Å². The number of hydrogen-bond donors (Lipinski definition) is 1. The van der Waals surface area contributed by atoms with Crippen LogP contribution in [0.1, 0.15) is 12.8 Å². The van der Waals surface area contributed by atoms with Gasteiger partial charge in [0, 0.05) is 32.7 Å². The molecule has 18 heavy (non-hydrogen) atoms. The van der Waals surface area contributed by atoms with Crippen LogP contribution in [0.3, 0.4) is 0 Å². The standard InChI is InChI=1S/C13H26N4O/c1-15-6-3-8-17(11-10-15)13(18)12-16-7-2-4-14-5-9-16/h14H,2-12H2,1H3. The van der Waals surface area contributed by atoms with Crippen molar-refractivity contribution in [1.29, 1.82) is 0 Å². The number of likely N-dealkylation sites (N-methyl/N-ethyl adjacent to an activating group) is 1. The maximum absolute atomic E-state index is 12.3. The largest absolute Gasteiger partial charge is 0.340 e. The number of carbonyl (C=O) groups excluding carboxylic acids is 1. The molecule has 1 N–H and O–H groups in total. The number of amides is 1. The Morgan fingerprint density at radius 3 is 2.78 bits per heavy atom. The van der Waals surface area contributed by atoms with Gasteiger partial charge in [0.05, 0.1) is 6.54 Å². The van der Waals surface area contributed by atoms with Crippen LogP contribution < -0.4 is 5.32 Å². The van der Waals surface area contributed by atoms with E-state index in [1.54, 1.807) is 0 Å². The van der Waals surface area contributed by atoms with Crippen LogP contribution in [0.25, 0.3) is 0 Å². The fourth-order valence-electron chi connectivity index (χ4n) is 2.65. The van der Waals surface area contributed by atoms with Crippen LogP contribution in [0, 0.1) is 0 Å². The van der Waals surface area contributed by atoms with E-state index in [1.807, 2.05) is 4.90 Å². The van der Waals surface area contributed by atoms with E-state index in [9.17, 15) is 4.79 Å². The van der Waals surface area contributed by atoms with Crippen molar-refractivity contribution in [2.45, 2.75) is 12.8 Å². The van der Waals surface area contributed by atoms with Crippen LogP contribution in [0.5, 0.6) is 0 Å². The molecule has 2 aliphatic rings. The molecular weight excluding hydrogens is 228 g/mol. The van der Waals surface area contributed by atoms with Crippen molar-refractivity contribution in [2.75, 3.05) is 66.0 Å². The molecule has 5 heteroatoms. The van der Waals surface area contributed by atoms with Gasteiger partial charge in [-0.05, 0) is 39.5 Å². The van der Waals surface area contributed by atoms with Crippen LogP contribution in [-0.2, 0) is 4.79 Å². The molecule has 0 aliphatic carbocycles. The van der Waals surface area contributed by atoms with Gasteiger partial charge >= 0.3 is 0 Å². The lowest BCUT2D eigenvalue weighted by Gasteiger charge is -2.25. The molecule has 0 aromatic heterocycles. The topological polar surface area (TPSA) is 38.8 Å². The Morgan fingerprint density at radius 2 is 1.89 bits per heavy atom. The van der Waals surface area contributed by atoms with Gasteiger partial charge < -0.3 is 15.1 Å². The third-order valence-electron chi connectivity index (χ3n) is 3.86. The van der Waals surface area contributed by atoms with Gasteiger partial charge in [0.15, 0.2) is 0 Å². The highest BCUT2D eigenvalue weighted by atomic mass is 16.2. The second-order valence-electron chi connectivity index (χ2n) is 5.42. The van der Waals surface area contributed by atoms with E-state index >= 15 is 0 Å². The molecule has 2 rings (SSSR count). The Labute approximate surface area is 110 Å². The summed E-state index contributed by atoms with van der Waals surface area (Å²) in [5.74, 6) is 0.312. The molecule has 2 heterocycles. The van der Waals surface area contributed by atoms with Gasteiger partial charge in [0.2, 0.25) is 5.91 Å². The van der Waals surface area contributed by atoms with Crippen LogP contribution in [0.15, 0.2) is 0 Å². The Morgan fingerprint density at radius 1 is 1.00 bits per heavy atom. The quantitative estimate of drug-likeness (QED) is 0.717. The SMILES string of the molecule is CN1CCCN(C(=O)CN2CCCNCC2)CC1. The summed E-state index contributed by atoms with van der Waals surface area (Å²) in [7, 11) is 2.13. The van der Waals surface area contributed by atoms with Gasteiger partial charge in [-0.2, -0.15) is 0 Å². The van der Waals surface area contributed by atoms with E-state index in [0.29, 0.717) is 12.5 Å². The number of nitrogens with zero attached hydrogens (tertiary/aromatic N) is 3. The lowest BCUT2D eigenvalue weighted by molar-refractivity contribution is -0.132. The van der Waals surface area contributed by atoms with Gasteiger partial charge in [0.25, 0.3) is 0 Å². The number of nitrogens with one attached hydrogen (secondary N) is 1. The lowest BCUT2D eigenvalue weighted by atomic mass is 10.3. The maximum atomic E-state index is 12.3. The first-order valence-corrected chi connectivity index (χ1v) is 7.15. The van der Waals surface area contributed by atoms with Crippen molar-refractivity contribution >= 4 is 5.91 Å². The van der Waals surface area contributed by atoms with Gasteiger partial charge in [0.1, 0.15) is 0 Å². The molecule has 0 aromatic rings. The summed E-state index contributed by atoms with van der Waals surface area (Å²) in [5.41, 5.74) is 0. The highest BCUT2D eigenvalue weighted by Gasteiger charge is 2.20. The first-order valence-electron chi connectivity index (χ1n) is 7.15. The van der Waals surface area contributed by atoms with E-state index in [1.165, 1.54) is 0 Å². The molecule has 0 radical (unpaired) electrons. The first-order chi connectivity index (χ1) is 8.75. The smallest absolute Gasteiger partial charge is 0.236 e. The van der Waals surface area contributed by atoms with Crippen LogP contribution >= 0.6 is 0 Å². The summed E-state index contributed by atoms with van der Waals surface area (Å²) >= 11 is 0. The second kappa shape index (κ2) is 7.07. The van der Waals surface area contributed by atoms with Gasteiger partial charge in [-0.15, -0.1) is 0 Å². The Kier molecular flexibility index (Phi) is 5.41. The molecule has 5 nitrogen and oxygen atoms in total. The van der Waals surface area contributed by atoms with E-state index in [-0.39, 0.29) is 0 Å². The molecule has 2 saturated heterocycles. The predicted molar refractivity (Wildman–Crippen MR) is 72.6 cm³/mol. The van der Waals surface area contributed by atoms with Crippen molar-refractivity contribution in [3.63, 3.8) is 0 Å². The van der Waals surface area contributed by atoms with Crippen LogP contribution in [-0.4, -0.2) is 86.6 Å². The predicted octanol–water partition coefficient (Wildman–Crippen LogP) is -0.554. The molecule has 0 bridgehead atoms. The Bertz CT molecular complexity index is 264. The highest BCUT2D eigenvalue weighted by molar-refractivity contribution is 5.78. The lowest BCUT2D eigenvalue weighted by Crippen LogP contribution is -2.42. The summed E-state index contributed by atoms with van der Waals surface area (Å²) in [6.45, 7) is 8.67. The summed E-state index contributed by atoms with van der Waals surface area (Å²) < 4.78 is 0. The number of hydrogen-bond acceptors (Lipinski definition) is 4. The molecule has 0 unspecified atom stereocenters. The maximum Gasteiger partial charge on any atom is 0.236 e. The summed E-state index contributed by atoms with van der Waals surface area (Å²) in [5, 5.41) is 3.37. The van der Waals surface area contributed by atoms with Crippen LogP contribution in [0.2, 0.25) is 0 Å². The van der Waals surface area contributed by atoms with Crippen molar-refractivity contribution < 1.29 is 4.79 Å². The summed E-state index contributed by atoms with van der Waals surface area (Å²) in [4.78, 5) is 18.9. The third kappa shape index (κ3) is 4.23. The molecule has 2 fully saturated rings. The summed E-state index contributed by atoms with van der Waals surface area (Å²) in [6, 6.07) is 0. The Balaban J connectivity index is 1.78. The Hall–Kier alpha value is -0.650. The van der Waals surface area contributed by atoms with E-state index < -0.39 is 0 Å². The minimum Gasteiger partial charge on any atom is -0.340 e. The van der Waals surface area contributed by atoms with E-state index in [0.717, 1.165) is 65.2 Å². The zero-order chi connectivity index (χ0) is 12.8. The number of rotatable bonds is 2. The van der Waals surface area contributed by atoms with Crippen molar-refractivity contribution in [2.24, 2.45) is 0 Å². The molecule has 0 atom stereocenters. The van der Waals surface area contributed by atoms with Crippen LogP contribution in [0.4, 0.5) is 0 Å². The molecular formula is C13H26N4O. The zero-order valence-electron chi connectivity index (χ0n) is 11.5. The minimum atomic E-state index is 0.312. The van der Waals surface area contributed by atoms with Gasteiger partial charge in [-0.3, -0.25) is 9.69 Å². The van der Waals surface area contributed by atoms with Crippen molar-refractivity contribution in [1.82, 2.24) is 20.0 Å². The number of carbonyl (C=O) groups is 1. The third-order valence-corrected chi connectivity index (χ3v) is 3.86. The normalized spacial score (nSPS) is 24.6. The average Bonchev–Trinajstić information content (AvgIpc) is 2.72. The first kappa shape index (κ1) is 13.8. The molecule has 0 spiro atoms. The molecule has 1 amide bonds. The van der Waals surface area contributed by atoms with Gasteiger partial charge in [-0.25, -0.2) is 0 Å². The highest BCUT2D eigenvalue weighted by Crippen LogP contribution is 2.03. The fraction of sp³-hybridized carbons (Fsp3) is 0.923. The molecule has 0 aromatic carbocycles. The molecule has 2 aliphatic heterocycles. The molecule has 104 valence electrons. The second-order valence-corrected chi connectivity index (χ2v) is 5.42. The zero-order valence-corrected chi connectivity index (χ0v) is 11.5. The van der Waals surface area contributed by atoms with Crippen molar-refractivity contribution in [3.05, 3.63) is 0 Å². The monoisotopic (exact) mass is 254 g/mol. The van der Waals surface area contributed by atoms with E-state index in [4.69, 9.17) is 0 Å². The minimum absolute atomic E-state index is 0.312. The van der Waals surface area contributed by atoms with E-state index in [2.05, 4.69) is 22.2 Å². The summed E-state index contributed by atoms with van der Waals surface area (Å²) in [6.07, 6.45) is 2.25. The van der Waals surface area contributed by atoms with Gasteiger partial charge in [-0.1, -0.05) is 0 Å². The molecule has 0 saturated carbocycles. The average molecular weight is 254 g/mol.